The number of methoxy groups -OCH3 is 1. The molecule has 0 saturated carbocycles. The zero-order chi connectivity index (χ0) is 18.4. The molecule has 0 spiro atoms. The van der Waals surface area contributed by atoms with Crippen LogP contribution in [0.2, 0.25) is 0 Å². The van der Waals surface area contributed by atoms with Gasteiger partial charge in [-0.1, -0.05) is 83.5 Å². The summed E-state index contributed by atoms with van der Waals surface area (Å²) >= 11 is 0. The normalized spacial score (nSPS) is 11.0. The van der Waals surface area contributed by atoms with Gasteiger partial charge in [0.2, 0.25) is 0 Å². The lowest BCUT2D eigenvalue weighted by Crippen LogP contribution is -2.09. The molecule has 0 aliphatic heterocycles. The van der Waals surface area contributed by atoms with Crippen LogP contribution in [-0.2, 0) is 14.3 Å². The van der Waals surface area contributed by atoms with Crippen LogP contribution in [0.3, 0.4) is 0 Å². The molecule has 0 bridgehead atoms. The number of aliphatic hydroxyl groups is 1. The molecular weight excluding hydrogens is 316 g/mol. The molecule has 0 unspecified atom stereocenters. The Morgan fingerprint density at radius 3 is 1.44 bits per heavy atom. The van der Waals surface area contributed by atoms with E-state index in [-0.39, 0.29) is 5.97 Å². The maximum Gasteiger partial charge on any atom is 0.305 e. The van der Waals surface area contributed by atoms with E-state index >= 15 is 0 Å². The summed E-state index contributed by atoms with van der Waals surface area (Å²) in [5.74, 6) is -0.0922. The molecule has 0 radical (unpaired) electrons. The van der Waals surface area contributed by atoms with Gasteiger partial charge in [-0.3, -0.25) is 4.79 Å². The number of unbranched alkanes of at least 4 members (excludes halogenated alkanes) is 14. The standard InChI is InChI=1S/C21H42O4/c1-24-19-20-25-21(23)17-15-13-11-9-7-5-3-2-4-6-8-10-12-14-16-18-22/h22H,2-20H2,1H3. The van der Waals surface area contributed by atoms with E-state index < -0.39 is 0 Å². The summed E-state index contributed by atoms with van der Waals surface area (Å²) in [4.78, 5) is 11.4. The van der Waals surface area contributed by atoms with E-state index in [1.165, 1.54) is 77.0 Å². The first-order valence-electron chi connectivity index (χ1n) is 10.6. The topological polar surface area (TPSA) is 55.8 Å². The van der Waals surface area contributed by atoms with E-state index in [1.807, 2.05) is 0 Å². The lowest BCUT2D eigenvalue weighted by molar-refractivity contribution is -0.145. The average Bonchev–Trinajstić information content (AvgIpc) is 2.61. The van der Waals surface area contributed by atoms with Gasteiger partial charge in [0.1, 0.15) is 6.61 Å². The maximum absolute atomic E-state index is 11.4. The third kappa shape index (κ3) is 21.3. The van der Waals surface area contributed by atoms with Gasteiger partial charge in [-0.05, 0) is 12.8 Å². The Hall–Kier alpha value is -0.610. The van der Waals surface area contributed by atoms with E-state index in [9.17, 15) is 4.79 Å². The highest BCUT2D eigenvalue weighted by atomic mass is 16.6. The van der Waals surface area contributed by atoms with Gasteiger partial charge in [0, 0.05) is 20.1 Å². The van der Waals surface area contributed by atoms with Crippen molar-refractivity contribution in [3.63, 3.8) is 0 Å². The monoisotopic (exact) mass is 358 g/mol. The van der Waals surface area contributed by atoms with E-state index in [4.69, 9.17) is 14.6 Å². The summed E-state index contributed by atoms with van der Waals surface area (Å²) in [6.07, 6.45) is 19.5. The number of rotatable bonds is 20. The fourth-order valence-corrected chi connectivity index (χ4v) is 2.99. The average molecular weight is 359 g/mol. The van der Waals surface area contributed by atoms with Gasteiger partial charge in [0.25, 0.3) is 0 Å². The lowest BCUT2D eigenvalue weighted by Gasteiger charge is -2.04. The van der Waals surface area contributed by atoms with E-state index in [2.05, 4.69) is 0 Å². The summed E-state index contributed by atoms with van der Waals surface area (Å²) < 4.78 is 9.88. The Morgan fingerprint density at radius 2 is 1.04 bits per heavy atom. The molecule has 0 aromatic carbocycles. The zero-order valence-corrected chi connectivity index (χ0v) is 16.6. The molecule has 0 amide bonds. The van der Waals surface area contributed by atoms with Crippen LogP contribution in [0, 0.1) is 0 Å². The lowest BCUT2D eigenvalue weighted by atomic mass is 10.0. The minimum absolute atomic E-state index is 0.0922. The van der Waals surface area contributed by atoms with Crippen LogP contribution >= 0.6 is 0 Å². The number of hydrogen-bond donors (Lipinski definition) is 1. The van der Waals surface area contributed by atoms with Crippen LogP contribution in [0.5, 0.6) is 0 Å². The predicted octanol–water partition coefficient (Wildman–Crippen LogP) is 5.41. The molecule has 0 aliphatic carbocycles. The Labute approximate surface area is 155 Å². The van der Waals surface area contributed by atoms with Crippen molar-refractivity contribution in [2.75, 3.05) is 26.9 Å². The zero-order valence-electron chi connectivity index (χ0n) is 16.6. The van der Waals surface area contributed by atoms with Crippen molar-refractivity contribution in [2.45, 2.75) is 103 Å². The van der Waals surface area contributed by atoms with Gasteiger partial charge >= 0.3 is 5.97 Å². The molecule has 0 saturated heterocycles. The number of aliphatic hydroxyl groups excluding tert-OH is 1. The van der Waals surface area contributed by atoms with Crippen LogP contribution in [0.4, 0.5) is 0 Å². The number of carbonyl (C=O) groups is 1. The molecule has 4 nitrogen and oxygen atoms in total. The molecule has 0 aromatic rings. The van der Waals surface area contributed by atoms with Crippen molar-refractivity contribution in [2.24, 2.45) is 0 Å². The van der Waals surface area contributed by atoms with Gasteiger partial charge < -0.3 is 14.6 Å². The van der Waals surface area contributed by atoms with Crippen LogP contribution in [0.1, 0.15) is 103 Å². The highest BCUT2D eigenvalue weighted by Gasteiger charge is 2.02. The van der Waals surface area contributed by atoms with Crippen molar-refractivity contribution < 1.29 is 19.4 Å². The van der Waals surface area contributed by atoms with E-state index in [0.717, 1.165) is 19.3 Å². The molecule has 25 heavy (non-hydrogen) atoms. The molecule has 0 heterocycles. The molecule has 150 valence electrons. The second-order valence-electron chi connectivity index (χ2n) is 6.99. The highest BCUT2D eigenvalue weighted by Crippen LogP contribution is 2.13. The van der Waals surface area contributed by atoms with Gasteiger partial charge in [-0.25, -0.2) is 0 Å². The first kappa shape index (κ1) is 24.4. The highest BCUT2D eigenvalue weighted by molar-refractivity contribution is 5.69. The summed E-state index contributed by atoms with van der Waals surface area (Å²) in [6.45, 7) is 1.21. The van der Waals surface area contributed by atoms with Gasteiger partial charge in [-0.2, -0.15) is 0 Å². The van der Waals surface area contributed by atoms with E-state index in [0.29, 0.717) is 26.2 Å². The summed E-state index contributed by atoms with van der Waals surface area (Å²) in [7, 11) is 1.61. The Bertz CT molecular complexity index is 269. The fourth-order valence-electron chi connectivity index (χ4n) is 2.99. The molecule has 1 N–H and O–H groups in total. The first-order valence-corrected chi connectivity index (χ1v) is 10.6. The SMILES string of the molecule is COCCOC(=O)CCCCCCCCCCCCCCCCCO. The Kier molecular flexibility index (Phi) is 20.9. The van der Waals surface area contributed by atoms with Gasteiger partial charge in [-0.15, -0.1) is 0 Å². The number of hydrogen-bond acceptors (Lipinski definition) is 4. The third-order valence-electron chi connectivity index (χ3n) is 4.59. The van der Waals surface area contributed by atoms with Crippen molar-refractivity contribution in [3.05, 3.63) is 0 Å². The van der Waals surface area contributed by atoms with Crippen LogP contribution < -0.4 is 0 Å². The Morgan fingerprint density at radius 1 is 0.640 bits per heavy atom. The molecule has 0 rings (SSSR count). The predicted molar refractivity (Wildman–Crippen MR) is 104 cm³/mol. The quantitative estimate of drug-likeness (QED) is 0.233. The van der Waals surface area contributed by atoms with Crippen molar-refractivity contribution in [1.82, 2.24) is 0 Å². The molecule has 4 heteroatoms. The minimum Gasteiger partial charge on any atom is -0.463 e. The van der Waals surface area contributed by atoms with Crippen LogP contribution in [0.25, 0.3) is 0 Å². The molecule has 0 atom stereocenters. The molecule has 0 aromatic heterocycles. The molecular formula is C21H42O4. The minimum atomic E-state index is -0.0922. The number of ether oxygens (including phenoxy) is 2. The second kappa shape index (κ2) is 21.4. The molecule has 0 fully saturated rings. The van der Waals surface area contributed by atoms with Crippen molar-refractivity contribution in [3.8, 4) is 0 Å². The summed E-state index contributed by atoms with van der Waals surface area (Å²) in [5.41, 5.74) is 0. The summed E-state index contributed by atoms with van der Waals surface area (Å²) in [5, 5.41) is 8.71. The smallest absolute Gasteiger partial charge is 0.305 e. The largest absolute Gasteiger partial charge is 0.463 e. The maximum atomic E-state index is 11.4. The Balaban J connectivity index is 3.06. The third-order valence-corrected chi connectivity index (χ3v) is 4.59. The van der Waals surface area contributed by atoms with E-state index in [1.54, 1.807) is 7.11 Å². The van der Waals surface area contributed by atoms with Crippen LogP contribution in [0.15, 0.2) is 0 Å². The van der Waals surface area contributed by atoms with Crippen LogP contribution in [-0.4, -0.2) is 38.0 Å². The van der Waals surface area contributed by atoms with Gasteiger partial charge in [0.15, 0.2) is 0 Å². The molecule has 0 aliphatic rings. The van der Waals surface area contributed by atoms with Gasteiger partial charge in [0.05, 0.1) is 6.61 Å². The fraction of sp³-hybridized carbons (Fsp3) is 0.952. The summed E-state index contributed by atoms with van der Waals surface area (Å²) in [6, 6.07) is 0. The first-order chi connectivity index (χ1) is 12.3. The second-order valence-corrected chi connectivity index (χ2v) is 6.99. The van der Waals surface area contributed by atoms with Crippen molar-refractivity contribution >= 4 is 5.97 Å². The number of carbonyl (C=O) groups excluding carboxylic acids is 1. The van der Waals surface area contributed by atoms with Crippen molar-refractivity contribution in [1.29, 1.82) is 0 Å². The number of esters is 1.